The summed E-state index contributed by atoms with van der Waals surface area (Å²) in [6.07, 6.45) is 11.8. The Labute approximate surface area is 145 Å². The van der Waals surface area contributed by atoms with E-state index in [4.69, 9.17) is 9.47 Å². The van der Waals surface area contributed by atoms with Gasteiger partial charge in [0.1, 0.15) is 0 Å². The van der Waals surface area contributed by atoms with E-state index in [1.807, 2.05) is 0 Å². The molecule has 5 unspecified atom stereocenters. The van der Waals surface area contributed by atoms with Crippen molar-refractivity contribution in [2.45, 2.75) is 83.0 Å². The van der Waals surface area contributed by atoms with Crippen molar-refractivity contribution in [1.82, 2.24) is 0 Å². The van der Waals surface area contributed by atoms with E-state index in [-0.39, 0.29) is 17.3 Å². The lowest BCUT2D eigenvalue weighted by molar-refractivity contribution is -0.166. The van der Waals surface area contributed by atoms with E-state index < -0.39 is 0 Å². The van der Waals surface area contributed by atoms with Crippen LogP contribution in [0.2, 0.25) is 0 Å². The monoisotopic (exact) mass is 332 g/mol. The summed E-state index contributed by atoms with van der Waals surface area (Å²) < 4.78 is 12.0. The normalized spacial score (nSPS) is 46.8. The molecule has 0 amide bonds. The summed E-state index contributed by atoms with van der Waals surface area (Å²) in [6.45, 7) is 3.86. The maximum absolute atomic E-state index is 10.7. The Kier molecular flexibility index (Phi) is 3.67. The Bertz CT molecular complexity index is 547. The minimum absolute atomic E-state index is 0.0428. The first-order valence-corrected chi connectivity index (χ1v) is 10.3. The van der Waals surface area contributed by atoms with E-state index >= 15 is 0 Å². The lowest BCUT2D eigenvalue weighted by Crippen LogP contribution is -2.47. The van der Waals surface area contributed by atoms with Crippen molar-refractivity contribution in [3.63, 3.8) is 0 Å². The first kappa shape index (κ1) is 15.8. The van der Waals surface area contributed by atoms with E-state index in [2.05, 4.69) is 6.92 Å². The Hall–Kier alpha value is -0.380. The zero-order valence-electron chi connectivity index (χ0n) is 15.1. The number of hydrogen-bond acceptors (Lipinski definition) is 3. The van der Waals surface area contributed by atoms with E-state index in [0.717, 1.165) is 50.2 Å². The van der Waals surface area contributed by atoms with Crippen molar-refractivity contribution in [3.8, 4) is 0 Å². The lowest BCUT2D eigenvalue weighted by atomic mass is 9.53. The summed E-state index contributed by atoms with van der Waals surface area (Å²) in [5.74, 6) is 2.12. The third-order valence-corrected chi connectivity index (χ3v) is 8.52. The van der Waals surface area contributed by atoms with Crippen LogP contribution < -0.4 is 0 Å². The van der Waals surface area contributed by atoms with E-state index in [9.17, 15) is 5.11 Å². The predicted molar refractivity (Wildman–Crippen MR) is 92.4 cm³/mol. The molecule has 5 rings (SSSR count). The molecule has 3 fully saturated rings. The molecule has 1 heterocycles. The number of aliphatic hydroxyl groups excluding tert-OH is 1. The molecule has 1 aliphatic heterocycles. The lowest BCUT2D eigenvalue weighted by Gasteiger charge is -2.53. The van der Waals surface area contributed by atoms with Gasteiger partial charge in [0.15, 0.2) is 5.79 Å². The first-order valence-electron chi connectivity index (χ1n) is 10.3. The van der Waals surface area contributed by atoms with Gasteiger partial charge in [0.25, 0.3) is 0 Å². The summed E-state index contributed by atoms with van der Waals surface area (Å²) in [5, 5.41) is 10.7. The third kappa shape index (κ3) is 2.07. The zero-order chi connectivity index (χ0) is 16.4. The smallest absolute Gasteiger partial charge is 0.172 e. The van der Waals surface area contributed by atoms with Gasteiger partial charge in [0.2, 0.25) is 0 Å². The predicted octanol–water partition coefficient (Wildman–Crippen LogP) is 4.20. The maximum Gasteiger partial charge on any atom is 0.172 e. The fourth-order valence-corrected chi connectivity index (χ4v) is 7.39. The van der Waals surface area contributed by atoms with Crippen molar-refractivity contribution >= 4 is 0 Å². The second-order valence-corrected chi connectivity index (χ2v) is 9.05. The number of hydrogen-bond donors (Lipinski definition) is 1. The van der Waals surface area contributed by atoms with Crippen LogP contribution in [0.25, 0.3) is 0 Å². The van der Waals surface area contributed by atoms with Gasteiger partial charge < -0.3 is 14.6 Å². The number of rotatable bonds is 1. The van der Waals surface area contributed by atoms with E-state index in [0.29, 0.717) is 0 Å². The largest absolute Gasteiger partial charge is 0.393 e. The van der Waals surface area contributed by atoms with Gasteiger partial charge in [0.05, 0.1) is 19.3 Å². The van der Waals surface area contributed by atoms with Crippen molar-refractivity contribution in [3.05, 3.63) is 11.1 Å². The highest BCUT2D eigenvalue weighted by atomic mass is 16.7. The Morgan fingerprint density at radius 2 is 1.88 bits per heavy atom. The molecule has 0 aromatic carbocycles. The molecule has 24 heavy (non-hydrogen) atoms. The summed E-state index contributed by atoms with van der Waals surface area (Å²) in [5.41, 5.74) is 3.70. The molecule has 2 saturated carbocycles. The van der Waals surface area contributed by atoms with Gasteiger partial charge in [-0.3, -0.25) is 0 Å². The van der Waals surface area contributed by atoms with Crippen LogP contribution in [-0.4, -0.2) is 30.2 Å². The van der Waals surface area contributed by atoms with Crippen molar-refractivity contribution < 1.29 is 14.6 Å². The summed E-state index contributed by atoms with van der Waals surface area (Å²) >= 11 is 0. The molecule has 0 radical (unpaired) electrons. The molecule has 1 saturated heterocycles. The van der Waals surface area contributed by atoms with E-state index in [1.165, 1.54) is 44.9 Å². The minimum atomic E-state index is -0.267. The molecule has 3 nitrogen and oxygen atoms in total. The maximum atomic E-state index is 10.7. The van der Waals surface area contributed by atoms with Crippen molar-refractivity contribution in [1.29, 1.82) is 0 Å². The van der Waals surface area contributed by atoms with Gasteiger partial charge >= 0.3 is 0 Å². The minimum Gasteiger partial charge on any atom is -0.393 e. The molecular weight excluding hydrogens is 300 g/mol. The average Bonchev–Trinajstić information content (AvgIpc) is 3.19. The molecule has 5 atom stereocenters. The summed E-state index contributed by atoms with van der Waals surface area (Å²) in [6, 6.07) is 0. The molecular formula is C21H32O3. The molecule has 0 bridgehead atoms. The number of ether oxygens (including phenoxy) is 2. The number of fused-ring (bicyclic) bond motifs is 4. The molecule has 4 aliphatic carbocycles. The molecule has 1 N–H and O–H groups in total. The quantitative estimate of drug-likeness (QED) is 0.732. The highest BCUT2D eigenvalue weighted by Gasteiger charge is 2.57. The first-order chi connectivity index (χ1) is 11.7. The van der Waals surface area contributed by atoms with E-state index in [1.54, 1.807) is 11.1 Å². The van der Waals surface area contributed by atoms with Crippen LogP contribution in [0.1, 0.15) is 71.1 Å². The standard InChI is InChI=1S/C21H32O3/c1-2-20-9-7-16-15-8-10-21(23-11-12-24-21)13-14(15)3-4-17(16)18(20)5-6-19(20)22/h16-19,22H,2-13H2,1H3. The summed E-state index contributed by atoms with van der Waals surface area (Å²) in [4.78, 5) is 0. The highest BCUT2D eigenvalue weighted by molar-refractivity contribution is 5.28. The van der Waals surface area contributed by atoms with Crippen LogP contribution in [0.4, 0.5) is 0 Å². The fraction of sp³-hybridized carbons (Fsp3) is 0.905. The van der Waals surface area contributed by atoms with Crippen LogP contribution in [0.5, 0.6) is 0 Å². The third-order valence-electron chi connectivity index (χ3n) is 8.52. The van der Waals surface area contributed by atoms with Crippen LogP contribution in [-0.2, 0) is 9.47 Å². The Balaban J connectivity index is 1.43. The second kappa shape index (κ2) is 5.56. The van der Waals surface area contributed by atoms with Gasteiger partial charge in [-0.2, -0.15) is 0 Å². The topological polar surface area (TPSA) is 38.7 Å². The average molecular weight is 332 g/mol. The number of allylic oxidation sites excluding steroid dienone is 1. The molecule has 134 valence electrons. The summed E-state index contributed by atoms with van der Waals surface area (Å²) in [7, 11) is 0. The second-order valence-electron chi connectivity index (χ2n) is 9.05. The van der Waals surface area contributed by atoms with Crippen molar-refractivity contribution in [2.75, 3.05) is 13.2 Å². The molecule has 0 aromatic heterocycles. The molecule has 5 aliphatic rings. The Morgan fingerprint density at radius 1 is 1.04 bits per heavy atom. The van der Waals surface area contributed by atoms with Crippen LogP contribution in [0, 0.1) is 23.2 Å². The zero-order valence-corrected chi connectivity index (χ0v) is 15.1. The Morgan fingerprint density at radius 3 is 2.67 bits per heavy atom. The van der Waals surface area contributed by atoms with Gasteiger partial charge in [-0.05, 0) is 74.5 Å². The van der Waals surface area contributed by atoms with Gasteiger partial charge in [0, 0.05) is 12.8 Å². The van der Waals surface area contributed by atoms with Crippen LogP contribution >= 0.6 is 0 Å². The fourth-order valence-electron chi connectivity index (χ4n) is 7.39. The van der Waals surface area contributed by atoms with Gasteiger partial charge in [-0.25, -0.2) is 0 Å². The highest BCUT2D eigenvalue weighted by Crippen LogP contribution is 2.63. The molecule has 0 aromatic rings. The van der Waals surface area contributed by atoms with Gasteiger partial charge in [-0.15, -0.1) is 0 Å². The van der Waals surface area contributed by atoms with Crippen LogP contribution in [0.15, 0.2) is 11.1 Å². The van der Waals surface area contributed by atoms with Crippen LogP contribution in [0.3, 0.4) is 0 Å². The van der Waals surface area contributed by atoms with Crippen molar-refractivity contribution in [2.24, 2.45) is 23.2 Å². The van der Waals surface area contributed by atoms with Gasteiger partial charge in [-0.1, -0.05) is 18.1 Å². The SMILES string of the molecule is CCC12CCC3C4=C(CCC3C1CCC2O)CC1(CC4)OCCO1. The number of aliphatic hydroxyl groups is 1. The molecule has 3 heteroatoms. The molecule has 1 spiro atoms.